The van der Waals surface area contributed by atoms with Crippen LogP contribution in [0.4, 0.5) is 0 Å². The molecule has 4 bridgehead atoms. The molecule has 0 aromatic rings. The fourth-order valence-corrected chi connectivity index (χ4v) is 5.12. The highest BCUT2D eigenvalue weighted by Gasteiger charge is 2.80. The van der Waals surface area contributed by atoms with Crippen molar-refractivity contribution in [1.82, 2.24) is 0 Å². The lowest BCUT2D eigenvalue weighted by atomic mass is 9.71. The fraction of sp³-hybridized carbons (Fsp3) is 0.800. The Balaban J connectivity index is 1.73. The maximum atomic E-state index is 3.96. The van der Waals surface area contributed by atoms with Gasteiger partial charge in [0.2, 0.25) is 0 Å². The molecular weight excluding hydrogens is 180 g/mol. The van der Waals surface area contributed by atoms with E-state index in [0.717, 1.165) is 23.2 Å². The van der Waals surface area contributed by atoms with E-state index in [2.05, 4.69) is 33.8 Å². The summed E-state index contributed by atoms with van der Waals surface area (Å²) < 4.78 is 0. The van der Waals surface area contributed by atoms with Crippen LogP contribution < -0.4 is 0 Å². The summed E-state index contributed by atoms with van der Waals surface area (Å²) in [6.07, 6.45) is 8.06. The molecule has 4 aliphatic rings. The molecule has 0 aromatic carbocycles. The number of hydrogen-bond acceptors (Lipinski definition) is 0. The van der Waals surface area contributed by atoms with Gasteiger partial charge >= 0.3 is 0 Å². The van der Waals surface area contributed by atoms with Crippen molar-refractivity contribution in [2.24, 2.45) is 28.6 Å². The van der Waals surface area contributed by atoms with E-state index in [-0.39, 0.29) is 0 Å². The van der Waals surface area contributed by atoms with Crippen LogP contribution in [0.25, 0.3) is 0 Å². The third-order valence-electron chi connectivity index (χ3n) is 6.28. The van der Waals surface area contributed by atoms with Crippen molar-refractivity contribution >= 4 is 0 Å². The Morgan fingerprint density at radius 3 is 2.33 bits per heavy atom. The van der Waals surface area contributed by atoms with Crippen molar-refractivity contribution in [1.29, 1.82) is 0 Å². The first-order valence-corrected chi connectivity index (χ1v) is 6.49. The summed E-state index contributed by atoms with van der Waals surface area (Å²) in [7, 11) is 0. The van der Waals surface area contributed by atoms with Crippen molar-refractivity contribution in [3.63, 3.8) is 0 Å². The van der Waals surface area contributed by atoms with Gasteiger partial charge in [-0.1, -0.05) is 25.5 Å². The first-order valence-electron chi connectivity index (χ1n) is 6.49. The molecule has 0 heterocycles. The zero-order chi connectivity index (χ0) is 10.8. The monoisotopic (exact) mass is 203 g/mol. The largest absolute Gasteiger partial charge is 0.0856 e. The molecule has 15 heavy (non-hydrogen) atoms. The molecule has 0 amide bonds. The maximum absolute atomic E-state index is 3.96. The van der Waals surface area contributed by atoms with Gasteiger partial charge in [0.15, 0.2) is 0 Å². The minimum Gasteiger partial charge on any atom is -0.0856 e. The van der Waals surface area contributed by atoms with Crippen LogP contribution in [-0.4, -0.2) is 0 Å². The molecular formula is C15H23. The minimum atomic E-state index is 0.661. The molecule has 4 rings (SSSR count). The van der Waals surface area contributed by atoms with E-state index in [4.69, 9.17) is 0 Å². The molecule has 0 nitrogen and oxygen atoms in total. The Hall–Kier alpha value is -0.260. The molecule has 0 aromatic heterocycles. The Labute approximate surface area is 94.1 Å². The van der Waals surface area contributed by atoms with Crippen LogP contribution >= 0.6 is 0 Å². The second-order valence-corrected chi connectivity index (χ2v) is 6.67. The lowest BCUT2D eigenvalue weighted by Crippen LogP contribution is -2.26. The molecule has 4 fully saturated rings. The van der Waals surface area contributed by atoms with Gasteiger partial charge in [0.1, 0.15) is 0 Å². The quantitative estimate of drug-likeness (QED) is 0.644. The second kappa shape index (κ2) is 2.70. The first kappa shape index (κ1) is 9.93. The predicted octanol–water partition coefficient (Wildman–Crippen LogP) is 4.23. The van der Waals surface area contributed by atoms with E-state index in [9.17, 15) is 0 Å². The highest BCUT2D eigenvalue weighted by molar-refractivity contribution is 5.29. The van der Waals surface area contributed by atoms with E-state index in [1.807, 2.05) is 0 Å². The first-order chi connectivity index (χ1) is 7.00. The van der Waals surface area contributed by atoms with Crippen LogP contribution in [0.15, 0.2) is 11.6 Å². The van der Waals surface area contributed by atoms with Crippen LogP contribution in [0.3, 0.4) is 0 Å². The van der Waals surface area contributed by atoms with E-state index in [1.54, 1.807) is 12.8 Å². The van der Waals surface area contributed by atoms with Gasteiger partial charge in [-0.05, 0) is 68.1 Å². The maximum Gasteiger partial charge on any atom is -0.0207 e. The van der Waals surface area contributed by atoms with Crippen LogP contribution in [0.2, 0.25) is 0 Å². The summed E-state index contributed by atoms with van der Waals surface area (Å²) in [5, 5.41) is 0. The van der Waals surface area contributed by atoms with Gasteiger partial charge in [-0.25, -0.2) is 0 Å². The normalized spacial score (nSPS) is 56.3. The van der Waals surface area contributed by atoms with E-state index in [0.29, 0.717) is 5.41 Å². The number of hydrogen-bond donors (Lipinski definition) is 0. The fourth-order valence-electron chi connectivity index (χ4n) is 5.12. The smallest absolute Gasteiger partial charge is 0.0207 e. The van der Waals surface area contributed by atoms with Gasteiger partial charge in [-0.2, -0.15) is 0 Å². The molecule has 3 unspecified atom stereocenters. The summed E-state index contributed by atoms with van der Waals surface area (Å²) in [5.41, 5.74) is 2.64. The molecule has 0 aliphatic heterocycles. The molecule has 83 valence electrons. The standard InChI is InChI=1S/C15H23/c1-10(2)6-5-7-14(3)11-8-12-13(9-11)15(12,14)4/h6,11-13H,1,5,7-9H2,2-4H3. The average molecular weight is 203 g/mol. The molecule has 0 N–H and O–H groups in total. The van der Waals surface area contributed by atoms with Gasteiger partial charge in [-0.3, -0.25) is 0 Å². The highest BCUT2D eigenvalue weighted by Crippen LogP contribution is 2.86. The second-order valence-electron chi connectivity index (χ2n) is 6.67. The van der Waals surface area contributed by atoms with E-state index in [1.165, 1.54) is 18.4 Å². The molecule has 4 saturated carbocycles. The molecule has 0 saturated heterocycles. The Bertz CT molecular complexity index is 309. The van der Waals surface area contributed by atoms with Gasteiger partial charge in [-0.15, -0.1) is 0 Å². The predicted molar refractivity (Wildman–Crippen MR) is 64.3 cm³/mol. The Morgan fingerprint density at radius 1 is 1.33 bits per heavy atom. The average Bonchev–Trinajstić information content (AvgIpc) is 2.53. The van der Waals surface area contributed by atoms with Crippen molar-refractivity contribution in [3.05, 3.63) is 18.6 Å². The van der Waals surface area contributed by atoms with Crippen LogP contribution in [0, 0.1) is 35.5 Å². The topological polar surface area (TPSA) is 0 Å². The van der Waals surface area contributed by atoms with Crippen molar-refractivity contribution in [2.45, 2.75) is 46.5 Å². The lowest BCUT2D eigenvalue weighted by molar-refractivity contribution is 0.155. The Kier molecular flexibility index (Phi) is 1.79. The van der Waals surface area contributed by atoms with Gasteiger partial charge in [0, 0.05) is 0 Å². The van der Waals surface area contributed by atoms with E-state index >= 15 is 0 Å². The minimum absolute atomic E-state index is 0.661. The van der Waals surface area contributed by atoms with Gasteiger partial charge in [0.25, 0.3) is 0 Å². The third-order valence-corrected chi connectivity index (χ3v) is 6.28. The highest BCUT2D eigenvalue weighted by atomic mass is 14.8. The Morgan fingerprint density at radius 2 is 1.93 bits per heavy atom. The molecule has 4 aliphatic carbocycles. The SMILES string of the molecule is [CH2]C(C)=CCCC1(C)C2CC3C(C2)C31C. The summed E-state index contributed by atoms with van der Waals surface area (Å²) >= 11 is 0. The number of allylic oxidation sites excluding steroid dienone is 2. The van der Waals surface area contributed by atoms with Crippen molar-refractivity contribution in [2.75, 3.05) is 0 Å². The van der Waals surface area contributed by atoms with Crippen LogP contribution in [0.5, 0.6) is 0 Å². The third kappa shape index (κ3) is 0.990. The molecule has 1 radical (unpaired) electrons. The van der Waals surface area contributed by atoms with Gasteiger partial charge in [0.05, 0.1) is 0 Å². The van der Waals surface area contributed by atoms with Crippen molar-refractivity contribution < 1.29 is 0 Å². The molecule has 3 atom stereocenters. The lowest BCUT2D eigenvalue weighted by Gasteiger charge is -2.34. The zero-order valence-electron chi connectivity index (χ0n) is 10.3. The van der Waals surface area contributed by atoms with Crippen LogP contribution in [0.1, 0.15) is 46.5 Å². The van der Waals surface area contributed by atoms with Gasteiger partial charge < -0.3 is 0 Å². The number of rotatable bonds is 3. The van der Waals surface area contributed by atoms with Crippen molar-refractivity contribution in [3.8, 4) is 0 Å². The summed E-state index contributed by atoms with van der Waals surface area (Å²) in [6.45, 7) is 11.2. The van der Waals surface area contributed by atoms with E-state index < -0.39 is 0 Å². The molecule has 0 heteroatoms. The summed E-state index contributed by atoms with van der Waals surface area (Å²) in [4.78, 5) is 0. The van der Waals surface area contributed by atoms with Crippen LogP contribution in [-0.2, 0) is 0 Å². The summed E-state index contributed by atoms with van der Waals surface area (Å²) in [6, 6.07) is 0. The zero-order valence-corrected chi connectivity index (χ0v) is 10.3. The summed E-state index contributed by atoms with van der Waals surface area (Å²) in [5.74, 6) is 3.27. The molecule has 0 spiro atoms.